The Bertz CT molecular complexity index is 585. The van der Waals surface area contributed by atoms with E-state index in [9.17, 15) is 4.79 Å². The molecule has 3 atom stereocenters. The second-order valence-corrected chi connectivity index (χ2v) is 5.74. The summed E-state index contributed by atoms with van der Waals surface area (Å²) in [5.74, 6) is 1.51. The molecule has 98 valence electrons. The van der Waals surface area contributed by atoms with Gasteiger partial charge in [0.15, 0.2) is 0 Å². The molecule has 2 saturated carbocycles. The number of ether oxygens (including phenoxy) is 1. The van der Waals surface area contributed by atoms with Crippen LogP contribution in [0.15, 0.2) is 24.3 Å². The number of benzene rings is 1. The van der Waals surface area contributed by atoms with E-state index < -0.39 is 0 Å². The van der Waals surface area contributed by atoms with Gasteiger partial charge in [0.1, 0.15) is 11.9 Å². The fourth-order valence-corrected chi connectivity index (χ4v) is 3.56. The Balaban J connectivity index is 1.49. The van der Waals surface area contributed by atoms with Crippen LogP contribution in [0.25, 0.3) is 11.0 Å². The molecule has 2 aliphatic carbocycles. The zero-order valence-electron chi connectivity index (χ0n) is 10.6. The first-order valence-corrected chi connectivity index (χ1v) is 6.91. The third-order valence-electron chi connectivity index (χ3n) is 4.42. The summed E-state index contributed by atoms with van der Waals surface area (Å²) in [4.78, 5) is 19.0. The van der Waals surface area contributed by atoms with Gasteiger partial charge in [-0.25, -0.2) is 0 Å². The third kappa shape index (κ3) is 1.91. The number of hydrogen-bond donors (Lipinski definition) is 1. The van der Waals surface area contributed by atoms with Gasteiger partial charge in [-0.05, 0) is 36.8 Å². The maximum absolute atomic E-state index is 11.4. The van der Waals surface area contributed by atoms with Crippen LogP contribution in [0.2, 0.25) is 0 Å². The lowest BCUT2D eigenvalue weighted by Gasteiger charge is -2.11. The Labute approximate surface area is 111 Å². The summed E-state index contributed by atoms with van der Waals surface area (Å²) in [6.45, 7) is 0. The predicted molar refractivity (Wildman–Crippen MR) is 71.0 cm³/mol. The predicted octanol–water partition coefficient (Wildman–Crippen LogP) is 2.70. The molecule has 1 aromatic carbocycles. The Morgan fingerprint density at radius 2 is 1.89 bits per heavy atom. The minimum Gasteiger partial charge on any atom is -0.461 e. The van der Waals surface area contributed by atoms with Crippen molar-refractivity contribution in [2.75, 3.05) is 0 Å². The number of rotatable bonds is 2. The molecular weight excluding hydrogens is 240 g/mol. The molecule has 0 aliphatic heterocycles. The molecule has 2 fully saturated rings. The molecule has 4 heteroatoms. The normalized spacial score (nSPS) is 29.9. The highest BCUT2D eigenvalue weighted by Crippen LogP contribution is 2.43. The van der Waals surface area contributed by atoms with E-state index in [-0.39, 0.29) is 6.10 Å². The molecule has 0 amide bonds. The number of aromatic nitrogens is 2. The van der Waals surface area contributed by atoms with Crippen LogP contribution in [0.3, 0.4) is 0 Å². The Morgan fingerprint density at radius 3 is 2.63 bits per heavy atom. The van der Waals surface area contributed by atoms with Gasteiger partial charge in [-0.15, -0.1) is 0 Å². The number of Topliss-reactive ketones (excluding diaryl/α,β-unsaturated/α-hetero) is 1. The zero-order valence-corrected chi connectivity index (χ0v) is 10.6. The summed E-state index contributed by atoms with van der Waals surface area (Å²) in [5, 5.41) is 0. The number of aromatic amines is 1. The van der Waals surface area contributed by atoms with Crippen LogP contribution < -0.4 is 4.74 Å². The van der Waals surface area contributed by atoms with E-state index in [1.807, 2.05) is 24.3 Å². The Kier molecular flexibility index (Phi) is 2.37. The van der Waals surface area contributed by atoms with E-state index in [0.29, 0.717) is 23.6 Å². The highest BCUT2D eigenvalue weighted by molar-refractivity contribution is 5.81. The quantitative estimate of drug-likeness (QED) is 0.898. The van der Waals surface area contributed by atoms with Crippen molar-refractivity contribution >= 4 is 16.8 Å². The van der Waals surface area contributed by atoms with Gasteiger partial charge < -0.3 is 9.72 Å². The monoisotopic (exact) mass is 256 g/mol. The average molecular weight is 256 g/mol. The summed E-state index contributed by atoms with van der Waals surface area (Å²) in [6, 6.07) is 8.53. The fraction of sp³-hybridized carbons (Fsp3) is 0.467. The number of ketones is 1. The topological polar surface area (TPSA) is 55.0 Å². The number of para-hydroxylation sites is 2. The number of H-pyrrole nitrogens is 1. The number of nitrogens with zero attached hydrogens (tertiary/aromatic N) is 1. The van der Waals surface area contributed by atoms with Gasteiger partial charge in [0.2, 0.25) is 0 Å². The standard InChI is InChI=1S/C15H16N2O2/c18-11-5-9-7-12(8-10(9)6-11)19-15-16-13-3-1-2-4-14(13)17-15/h1-4,9-10,12H,5-8H2,(H,16,17)/t9-,10?,12-/m0/s1. The van der Waals surface area contributed by atoms with Crippen molar-refractivity contribution in [3.8, 4) is 6.01 Å². The number of carbonyl (C=O) groups is 1. The molecule has 1 aromatic heterocycles. The minimum absolute atomic E-state index is 0.212. The molecule has 4 nitrogen and oxygen atoms in total. The van der Waals surface area contributed by atoms with Crippen molar-refractivity contribution in [2.24, 2.45) is 11.8 Å². The largest absolute Gasteiger partial charge is 0.461 e. The highest BCUT2D eigenvalue weighted by Gasteiger charge is 2.42. The molecule has 2 aliphatic rings. The van der Waals surface area contributed by atoms with Gasteiger partial charge >= 0.3 is 0 Å². The van der Waals surface area contributed by atoms with Crippen molar-refractivity contribution in [1.29, 1.82) is 0 Å². The first kappa shape index (κ1) is 11.0. The molecule has 1 heterocycles. The number of nitrogens with one attached hydrogen (secondary N) is 1. The molecule has 2 aromatic rings. The third-order valence-corrected chi connectivity index (χ3v) is 4.42. The summed E-state index contributed by atoms with van der Waals surface area (Å²) >= 11 is 0. The molecule has 0 saturated heterocycles. The number of imidazole rings is 1. The second kappa shape index (κ2) is 4.08. The lowest BCUT2D eigenvalue weighted by Crippen LogP contribution is -2.14. The van der Waals surface area contributed by atoms with E-state index in [1.165, 1.54) is 0 Å². The summed E-state index contributed by atoms with van der Waals surface area (Å²) in [6.07, 6.45) is 3.71. The second-order valence-electron chi connectivity index (χ2n) is 5.74. The van der Waals surface area contributed by atoms with Crippen LogP contribution in [0, 0.1) is 11.8 Å². The highest BCUT2D eigenvalue weighted by atomic mass is 16.5. The van der Waals surface area contributed by atoms with E-state index in [0.717, 1.165) is 36.7 Å². The molecule has 0 radical (unpaired) electrons. The lowest BCUT2D eigenvalue weighted by atomic mass is 10.0. The molecule has 0 bridgehead atoms. The minimum atomic E-state index is 0.212. The van der Waals surface area contributed by atoms with Gasteiger partial charge in [0, 0.05) is 12.8 Å². The first-order valence-electron chi connectivity index (χ1n) is 6.91. The van der Waals surface area contributed by atoms with Gasteiger partial charge in [-0.3, -0.25) is 4.79 Å². The molecule has 19 heavy (non-hydrogen) atoms. The molecule has 4 rings (SSSR count). The molecule has 1 unspecified atom stereocenters. The van der Waals surface area contributed by atoms with Crippen molar-refractivity contribution < 1.29 is 9.53 Å². The van der Waals surface area contributed by atoms with E-state index in [1.54, 1.807) is 0 Å². The van der Waals surface area contributed by atoms with Crippen molar-refractivity contribution in [3.05, 3.63) is 24.3 Å². The summed E-state index contributed by atoms with van der Waals surface area (Å²) < 4.78 is 5.95. The van der Waals surface area contributed by atoms with Crippen LogP contribution in [-0.2, 0) is 4.79 Å². The van der Waals surface area contributed by atoms with Crippen LogP contribution in [-0.4, -0.2) is 21.9 Å². The van der Waals surface area contributed by atoms with Crippen LogP contribution in [0.1, 0.15) is 25.7 Å². The number of carbonyl (C=O) groups excluding carboxylic acids is 1. The van der Waals surface area contributed by atoms with Crippen LogP contribution in [0.5, 0.6) is 6.01 Å². The summed E-state index contributed by atoms with van der Waals surface area (Å²) in [5.41, 5.74) is 1.94. The van der Waals surface area contributed by atoms with Gasteiger partial charge in [0.25, 0.3) is 6.01 Å². The van der Waals surface area contributed by atoms with Crippen LogP contribution >= 0.6 is 0 Å². The fourth-order valence-electron chi connectivity index (χ4n) is 3.56. The first-order chi connectivity index (χ1) is 9.28. The Hall–Kier alpha value is -1.84. The van der Waals surface area contributed by atoms with Gasteiger partial charge in [-0.1, -0.05) is 12.1 Å². The summed E-state index contributed by atoms with van der Waals surface area (Å²) in [7, 11) is 0. The van der Waals surface area contributed by atoms with E-state index >= 15 is 0 Å². The zero-order chi connectivity index (χ0) is 12.8. The number of fused-ring (bicyclic) bond motifs is 2. The number of hydrogen-bond acceptors (Lipinski definition) is 3. The lowest BCUT2D eigenvalue weighted by molar-refractivity contribution is -0.117. The SMILES string of the molecule is O=C1CC2C[C@@H](Oc3nc4ccccc4[nH]3)C[C@@H]2C1. The maximum Gasteiger partial charge on any atom is 0.294 e. The van der Waals surface area contributed by atoms with Gasteiger partial charge in [0.05, 0.1) is 11.0 Å². The van der Waals surface area contributed by atoms with Crippen molar-refractivity contribution in [1.82, 2.24) is 9.97 Å². The Morgan fingerprint density at radius 1 is 1.16 bits per heavy atom. The average Bonchev–Trinajstić information content (AvgIpc) is 3.00. The van der Waals surface area contributed by atoms with Crippen LogP contribution in [0.4, 0.5) is 0 Å². The smallest absolute Gasteiger partial charge is 0.294 e. The van der Waals surface area contributed by atoms with Crippen molar-refractivity contribution in [2.45, 2.75) is 31.8 Å². The van der Waals surface area contributed by atoms with Gasteiger partial charge in [-0.2, -0.15) is 4.98 Å². The molecule has 0 spiro atoms. The van der Waals surface area contributed by atoms with E-state index in [4.69, 9.17) is 4.74 Å². The molecular formula is C15H16N2O2. The van der Waals surface area contributed by atoms with Crippen molar-refractivity contribution in [3.63, 3.8) is 0 Å². The molecule has 1 N–H and O–H groups in total. The van der Waals surface area contributed by atoms with E-state index in [2.05, 4.69) is 9.97 Å². The maximum atomic E-state index is 11.4.